The zero-order valence-electron chi connectivity index (χ0n) is 19.4. The van der Waals surface area contributed by atoms with Gasteiger partial charge in [0.1, 0.15) is 5.69 Å². The van der Waals surface area contributed by atoms with E-state index < -0.39 is 0 Å². The van der Waals surface area contributed by atoms with Crippen molar-refractivity contribution in [3.8, 4) is 11.3 Å². The third kappa shape index (κ3) is 4.11. The first-order valence-electron chi connectivity index (χ1n) is 11.4. The molecule has 0 atom stereocenters. The number of carbonyl (C=O) groups excluding carboxylic acids is 2. The van der Waals surface area contributed by atoms with Crippen molar-refractivity contribution in [1.82, 2.24) is 33.5 Å². The average Bonchev–Trinajstić information content (AvgIpc) is 3.65. The summed E-state index contributed by atoms with van der Waals surface area (Å²) in [5, 5.41) is 6.15. The maximum atomic E-state index is 13.2. The maximum Gasteiger partial charge on any atom is 0.234 e. The van der Waals surface area contributed by atoms with Gasteiger partial charge in [-0.05, 0) is 12.5 Å². The van der Waals surface area contributed by atoms with Crippen LogP contribution in [0.4, 0.5) is 0 Å². The molecule has 0 radical (unpaired) electrons. The number of hydrogen-bond donors (Lipinski definition) is 0. The Kier molecular flexibility index (Phi) is 5.49. The van der Waals surface area contributed by atoms with Crippen LogP contribution in [0.2, 0.25) is 0 Å². The number of carbonyl (C=O) groups is 2. The summed E-state index contributed by atoms with van der Waals surface area (Å²) < 4.78 is 5.23. The summed E-state index contributed by atoms with van der Waals surface area (Å²) in [5.74, 6) is 0.167. The fourth-order valence-corrected chi connectivity index (χ4v) is 4.97. The van der Waals surface area contributed by atoms with Crippen LogP contribution in [0.3, 0.4) is 0 Å². The molecule has 9 nitrogen and oxygen atoms in total. The molecule has 0 saturated carbocycles. The number of imidazole rings is 2. The van der Waals surface area contributed by atoms with Crippen LogP contribution in [-0.2, 0) is 19.9 Å². The summed E-state index contributed by atoms with van der Waals surface area (Å²) in [6, 6.07) is 11.6. The Balaban J connectivity index is 1.19. The van der Waals surface area contributed by atoms with Gasteiger partial charge in [0.05, 0.1) is 35.3 Å². The zero-order chi connectivity index (χ0) is 24.6. The van der Waals surface area contributed by atoms with E-state index in [4.69, 9.17) is 0 Å². The van der Waals surface area contributed by atoms with Crippen molar-refractivity contribution in [2.75, 3.05) is 0 Å². The summed E-state index contributed by atoms with van der Waals surface area (Å²) >= 11 is 1.55. The predicted octanol–water partition coefficient (Wildman–Crippen LogP) is 4.08. The van der Waals surface area contributed by atoms with Crippen LogP contribution in [0, 0.1) is 0 Å². The number of thiazole rings is 1. The van der Waals surface area contributed by atoms with Gasteiger partial charge in [0.25, 0.3) is 0 Å². The molecule has 0 aliphatic heterocycles. The summed E-state index contributed by atoms with van der Waals surface area (Å²) in [7, 11) is 1.67. The molecule has 0 fully saturated rings. The highest BCUT2D eigenvalue weighted by Crippen LogP contribution is 2.20. The lowest BCUT2D eigenvalue weighted by atomic mass is 10.0. The van der Waals surface area contributed by atoms with Gasteiger partial charge in [0.2, 0.25) is 5.78 Å². The smallest absolute Gasteiger partial charge is 0.234 e. The summed E-state index contributed by atoms with van der Waals surface area (Å²) in [6.45, 7) is 0. The lowest BCUT2D eigenvalue weighted by Gasteiger charge is -2.05. The Hall–Kier alpha value is -4.44. The standard InChI is InChI=1S/C26H21N7O2S/c1-31-24(20(14-27-31)22(34)8-7-19-15-33-11-12-36-26(33)29-19)23(35)13-18-9-10-32-16-21(30-25(32)28-18)17-5-3-2-4-6-17/h2-6,9-12,14-16H,7-8,13H2,1H3. The first-order chi connectivity index (χ1) is 17.5. The number of nitrogens with zero attached hydrogens (tertiary/aromatic N) is 7. The van der Waals surface area contributed by atoms with E-state index in [0.29, 0.717) is 29.1 Å². The Morgan fingerprint density at radius 2 is 1.78 bits per heavy atom. The number of benzene rings is 1. The fraction of sp³-hybridized carbons (Fsp3) is 0.154. The first-order valence-corrected chi connectivity index (χ1v) is 12.3. The van der Waals surface area contributed by atoms with E-state index >= 15 is 0 Å². The van der Waals surface area contributed by atoms with Gasteiger partial charge in [0.15, 0.2) is 16.5 Å². The first kappa shape index (κ1) is 22.1. The number of aryl methyl sites for hydroxylation is 2. The van der Waals surface area contributed by atoms with E-state index in [9.17, 15) is 9.59 Å². The second-order valence-corrected chi connectivity index (χ2v) is 9.37. The molecule has 36 heavy (non-hydrogen) atoms. The topological polar surface area (TPSA) is 99.4 Å². The number of Topliss-reactive ketones (excluding diaryl/α,β-unsaturated/α-hetero) is 2. The van der Waals surface area contributed by atoms with Crippen LogP contribution >= 0.6 is 11.3 Å². The molecular weight excluding hydrogens is 474 g/mol. The Bertz CT molecular complexity index is 1700. The van der Waals surface area contributed by atoms with E-state index in [1.807, 2.05) is 69.3 Å². The lowest BCUT2D eigenvalue weighted by molar-refractivity contribution is 0.0949. The molecule has 0 amide bonds. The Labute approximate surface area is 209 Å². The predicted molar refractivity (Wildman–Crippen MR) is 135 cm³/mol. The minimum Gasteiger partial charge on any atom is -0.297 e. The average molecular weight is 496 g/mol. The molecule has 0 aliphatic rings. The second kappa shape index (κ2) is 8.97. The van der Waals surface area contributed by atoms with Gasteiger partial charge in [0, 0.05) is 49.2 Å². The van der Waals surface area contributed by atoms with Crippen LogP contribution in [-0.4, -0.2) is 45.1 Å². The largest absolute Gasteiger partial charge is 0.297 e. The highest BCUT2D eigenvalue weighted by Gasteiger charge is 2.23. The van der Waals surface area contributed by atoms with Gasteiger partial charge >= 0.3 is 0 Å². The molecule has 10 heteroatoms. The summed E-state index contributed by atoms with van der Waals surface area (Å²) in [5.41, 5.74) is 3.85. The normalized spacial score (nSPS) is 11.5. The van der Waals surface area contributed by atoms with Crippen molar-refractivity contribution in [2.24, 2.45) is 7.05 Å². The number of hydrogen-bond acceptors (Lipinski definition) is 7. The molecule has 5 heterocycles. The van der Waals surface area contributed by atoms with E-state index in [0.717, 1.165) is 21.9 Å². The van der Waals surface area contributed by atoms with E-state index in [1.165, 1.54) is 10.9 Å². The van der Waals surface area contributed by atoms with Gasteiger partial charge in [-0.2, -0.15) is 5.10 Å². The molecule has 0 saturated heterocycles. The van der Waals surface area contributed by atoms with Crippen molar-refractivity contribution in [2.45, 2.75) is 19.3 Å². The van der Waals surface area contributed by atoms with E-state index in [2.05, 4.69) is 20.1 Å². The molecule has 178 valence electrons. The van der Waals surface area contributed by atoms with Gasteiger partial charge in [-0.25, -0.2) is 15.0 Å². The van der Waals surface area contributed by atoms with Crippen LogP contribution in [0.5, 0.6) is 0 Å². The third-order valence-corrected chi connectivity index (χ3v) is 6.82. The molecule has 1 aromatic carbocycles. The molecule has 0 aliphatic carbocycles. The van der Waals surface area contributed by atoms with Crippen molar-refractivity contribution in [3.05, 3.63) is 95.4 Å². The number of fused-ring (bicyclic) bond motifs is 2. The van der Waals surface area contributed by atoms with Gasteiger partial charge in [-0.15, -0.1) is 11.3 Å². The quantitative estimate of drug-likeness (QED) is 0.295. The van der Waals surface area contributed by atoms with Crippen molar-refractivity contribution < 1.29 is 9.59 Å². The maximum absolute atomic E-state index is 13.2. The van der Waals surface area contributed by atoms with Gasteiger partial charge in [-0.3, -0.25) is 23.1 Å². The summed E-state index contributed by atoms with van der Waals surface area (Å²) in [4.78, 5) is 40.9. The van der Waals surface area contributed by atoms with Crippen molar-refractivity contribution in [1.29, 1.82) is 0 Å². The third-order valence-electron chi connectivity index (χ3n) is 6.05. The van der Waals surface area contributed by atoms with Crippen molar-refractivity contribution >= 4 is 33.6 Å². The van der Waals surface area contributed by atoms with Crippen LogP contribution < -0.4 is 0 Å². The van der Waals surface area contributed by atoms with Crippen LogP contribution in [0.15, 0.2) is 72.8 Å². The SMILES string of the molecule is Cn1ncc(C(=O)CCc2cn3ccsc3n2)c1C(=O)Cc1ccn2cc(-c3ccccc3)nc2n1. The molecule has 6 rings (SSSR count). The molecular formula is C26H21N7O2S. The Morgan fingerprint density at radius 3 is 2.61 bits per heavy atom. The van der Waals surface area contributed by atoms with Gasteiger partial charge in [-0.1, -0.05) is 30.3 Å². The number of aromatic nitrogens is 7. The fourth-order valence-electron chi connectivity index (χ4n) is 4.25. The summed E-state index contributed by atoms with van der Waals surface area (Å²) in [6.07, 6.45) is 9.87. The highest BCUT2D eigenvalue weighted by atomic mass is 32.1. The monoisotopic (exact) mass is 495 g/mol. The van der Waals surface area contributed by atoms with Crippen LogP contribution in [0.25, 0.3) is 22.0 Å². The molecule has 0 bridgehead atoms. The second-order valence-electron chi connectivity index (χ2n) is 8.50. The van der Waals surface area contributed by atoms with E-state index in [1.54, 1.807) is 24.5 Å². The van der Waals surface area contributed by atoms with E-state index in [-0.39, 0.29) is 24.4 Å². The minimum atomic E-state index is -0.215. The lowest BCUT2D eigenvalue weighted by Crippen LogP contribution is -2.15. The molecule has 0 N–H and O–H groups in total. The van der Waals surface area contributed by atoms with Crippen LogP contribution in [0.1, 0.15) is 38.7 Å². The van der Waals surface area contributed by atoms with Crippen molar-refractivity contribution in [3.63, 3.8) is 0 Å². The molecule has 6 aromatic rings. The number of ketones is 2. The minimum absolute atomic E-state index is 0.0428. The Morgan fingerprint density at radius 1 is 0.917 bits per heavy atom. The molecule has 5 aromatic heterocycles. The van der Waals surface area contributed by atoms with Gasteiger partial charge < -0.3 is 0 Å². The zero-order valence-corrected chi connectivity index (χ0v) is 20.2. The molecule has 0 unspecified atom stereocenters. The highest BCUT2D eigenvalue weighted by molar-refractivity contribution is 7.15. The number of rotatable bonds is 8. The molecule has 0 spiro atoms.